The Morgan fingerprint density at radius 2 is 1.92 bits per heavy atom. The number of hydrogen-bond donors (Lipinski definition) is 0. The fourth-order valence-corrected chi connectivity index (χ4v) is 3.30. The molecular formula is C19H22FNO3. The number of carbonyl (C=O) groups excluding carboxylic acids is 2. The van der Waals surface area contributed by atoms with Gasteiger partial charge in [0.25, 0.3) is 5.91 Å². The lowest BCUT2D eigenvalue weighted by Crippen LogP contribution is -2.41. The number of allylic oxidation sites excluding steroid dienone is 2. The summed E-state index contributed by atoms with van der Waals surface area (Å²) >= 11 is 0. The number of likely N-dealkylation sites (tertiary alicyclic amines) is 1. The Hall–Kier alpha value is -2.17. The molecule has 1 aliphatic heterocycles. The van der Waals surface area contributed by atoms with Gasteiger partial charge in [0.15, 0.2) is 0 Å². The van der Waals surface area contributed by atoms with Crippen molar-refractivity contribution < 1.29 is 18.7 Å². The van der Waals surface area contributed by atoms with Gasteiger partial charge in [0.1, 0.15) is 11.9 Å². The zero-order chi connectivity index (χ0) is 16.9. The topological polar surface area (TPSA) is 46.6 Å². The van der Waals surface area contributed by atoms with E-state index in [1.165, 1.54) is 12.1 Å². The fraction of sp³-hybridized carbons (Fsp3) is 0.474. The van der Waals surface area contributed by atoms with Gasteiger partial charge in [-0.25, -0.2) is 4.39 Å². The van der Waals surface area contributed by atoms with Crippen LogP contribution in [0.15, 0.2) is 36.4 Å². The minimum atomic E-state index is -0.499. The lowest BCUT2D eigenvalue weighted by atomic mass is 10.0. The first-order valence-corrected chi connectivity index (χ1v) is 8.53. The quantitative estimate of drug-likeness (QED) is 0.628. The summed E-state index contributed by atoms with van der Waals surface area (Å²) in [6.45, 7) is 0.961. The lowest BCUT2D eigenvalue weighted by molar-refractivity contribution is -0.151. The van der Waals surface area contributed by atoms with Gasteiger partial charge in [-0.1, -0.05) is 24.3 Å². The van der Waals surface area contributed by atoms with Crippen molar-refractivity contribution in [3.63, 3.8) is 0 Å². The second-order valence-electron chi connectivity index (χ2n) is 6.43. The maximum Gasteiger partial charge on any atom is 0.306 e. The van der Waals surface area contributed by atoms with E-state index in [0.29, 0.717) is 38.3 Å². The van der Waals surface area contributed by atoms with E-state index >= 15 is 0 Å². The fourth-order valence-electron chi connectivity index (χ4n) is 3.30. The van der Waals surface area contributed by atoms with Crippen LogP contribution in [0.1, 0.15) is 42.5 Å². The average Bonchev–Trinajstić information content (AvgIpc) is 3.08. The van der Waals surface area contributed by atoms with E-state index in [2.05, 4.69) is 12.2 Å². The number of hydrogen-bond acceptors (Lipinski definition) is 3. The van der Waals surface area contributed by atoms with E-state index < -0.39 is 5.82 Å². The van der Waals surface area contributed by atoms with Crippen LogP contribution in [0, 0.1) is 11.7 Å². The number of ether oxygens (including phenoxy) is 1. The van der Waals surface area contributed by atoms with Gasteiger partial charge in [0.2, 0.25) is 0 Å². The van der Waals surface area contributed by atoms with Crippen molar-refractivity contribution in [2.45, 2.75) is 38.2 Å². The zero-order valence-corrected chi connectivity index (χ0v) is 13.6. The van der Waals surface area contributed by atoms with E-state index in [1.807, 2.05) is 0 Å². The Labute approximate surface area is 141 Å². The second kappa shape index (κ2) is 7.60. The van der Waals surface area contributed by atoms with Gasteiger partial charge in [0, 0.05) is 25.9 Å². The molecule has 1 aromatic rings. The van der Waals surface area contributed by atoms with Gasteiger partial charge in [-0.05, 0) is 30.9 Å². The molecule has 1 amide bonds. The van der Waals surface area contributed by atoms with Gasteiger partial charge in [0.05, 0.1) is 12.0 Å². The number of halogens is 1. The first-order valence-electron chi connectivity index (χ1n) is 8.53. The molecule has 0 N–H and O–H groups in total. The second-order valence-corrected chi connectivity index (χ2v) is 6.43. The highest BCUT2D eigenvalue weighted by atomic mass is 19.1. The first kappa shape index (κ1) is 16.7. The molecule has 4 nitrogen and oxygen atoms in total. The molecule has 1 atom stereocenters. The maximum absolute atomic E-state index is 13.7. The largest absolute Gasteiger partial charge is 0.462 e. The Kier molecular flexibility index (Phi) is 5.28. The summed E-state index contributed by atoms with van der Waals surface area (Å²) in [5, 5.41) is 0. The molecule has 1 saturated heterocycles. The molecule has 2 aliphatic rings. The molecule has 1 fully saturated rings. The Balaban J connectivity index is 1.47. The van der Waals surface area contributed by atoms with Gasteiger partial charge in [-0.15, -0.1) is 0 Å². The molecule has 1 aromatic carbocycles. The van der Waals surface area contributed by atoms with Crippen molar-refractivity contribution in [1.82, 2.24) is 4.90 Å². The molecule has 1 heterocycles. The summed E-state index contributed by atoms with van der Waals surface area (Å²) in [7, 11) is 0. The van der Waals surface area contributed by atoms with Crippen molar-refractivity contribution in [2.24, 2.45) is 5.92 Å². The van der Waals surface area contributed by atoms with Crippen LogP contribution in [0.2, 0.25) is 0 Å². The highest BCUT2D eigenvalue weighted by Crippen LogP contribution is 2.23. The molecule has 24 heavy (non-hydrogen) atoms. The maximum atomic E-state index is 13.7. The Morgan fingerprint density at radius 1 is 1.17 bits per heavy atom. The summed E-state index contributed by atoms with van der Waals surface area (Å²) in [5.41, 5.74) is 0.0981. The molecule has 0 bridgehead atoms. The lowest BCUT2D eigenvalue weighted by Gasteiger charge is -2.32. The third-order valence-corrected chi connectivity index (χ3v) is 4.67. The molecule has 1 aliphatic carbocycles. The van der Waals surface area contributed by atoms with Crippen LogP contribution < -0.4 is 0 Å². The van der Waals surface area contributed by atoms with Crippen molar-refractivity contribution in [3.8, 4) is 0 Å². The normalized spacial score (nSPS) is 21.0. The molecule has 1 unspecified atom stereocenters. The van der Waals surface area contributed by atoms with Crippen molar-refractivity contribution in [1.29, 1.82) is 0 Å². The SMILES string of the molecule is O=C(CC1C=CCC1)OC1CCN(C(=O)c2ccccc2F)CC1. The molecule has 5 heteroatoms. The van der Waals surface area contributed by atoms with E-state index in [1.54, 1.807) is 17.0 Å². The molecule has 0 saturated carbocycles. The van der Waals surface area contributed by atoms with E-state index in [4.69, 9.17) is 4.74 Å². The molecule has 0 aromatic heterocycles. The summed E-state index contributed by atoms with van der Waals surface area (Å²) < 4.78 is 19.2. The van der Waals surface area contributed by atoms with Crippen LogP contribution in [0.3, 0.4) is 0 Å². The number of piperidine rings is 1. The van der Waals surface area contributed by atoms with Gasteiger partial charge >= 0.3 is 5.97 Å². The van der Waals surface area contributed by atoms with Crippen LogP contribution in [-0.2, 0) is 9.53 Å². The molecular weight excluding hydrogens is 309 g/mol. The molecule has 128 valence electrons. The number of amides is 1. The van der Waals surface area contributed by atoms with Crippen molar-refractivity contribution in [2.75, 3.05) is 13.1 Å². The number of nitrogens with zero attached hydrogens (tertiary/aromatic N) is 1. The van der Waals surface area contributed by atoms with Crippen molar-refractivity contribution in [3.05, 3.63) is 47.8 Å². The third kappa shape index (κ3) is 4.02. The Bertz CT molecular complexity index is 635. The van der Waals surface area contributed by atoms with Crippen LogP contribution in [0.4, 0.5) is 4.39 Å². The number of esters is 1. The highest BCUT2D eigenvalue weighted by molar-refractivity contribution is 5.94. The summed E-state index contributed by atoms with van der Waals surface area (Å²) in [6, 6.07) is 6.01. The van der Waals surface area contributed by atoms with Gasteiger partial charge < -0.3 is 9.64 Å². The number of carbonyl (C=O) groups is 2. The summed E-state index contributed by atoms with van der Waals surface area (Å²) in [4.78, 5) is 25.9. The smallest absolute Gasteiger partial charge is 0.306 e. The molecule has 0 radical (unpaired) electrons. The average molecular weight is 331 g/mol. The van der Waals surface area contributed by atoms with Crippen LogP contribution in [0.5, 0.6) is 0 Å². The van der Waals surface area contributed by atoms with E-state index in [9.17, 15) is 14.0 Å². The van der Waals surface area contributed by atoms with Crippen LogP contribution in [-0.4, -0.2) is 36.0 Å². The zero-order valence-electron chi connectivity index (χ0n) is 13.6. The molecule has 3 rings (SSSR count). The summed E-state index contributed by atoms with van der Waals surface area (Å²) in [5.74, 6) is -0.653. The number of benzene rings is 1. The molecule has 0 spiro atoms. The number of rotatable bonds is 4. The van der Waals surface area contributed by atoms with E-state index in [0.717, 1.165) is 12.8 Å². The third-order valence-electron chi connectivity index (χ3n) is 4.67. The predicted octanol–water partition coefficient (Wildman–Crippen LogP) is 3.33. The Morgan fingerprint density at radius 3 is 2.58 bits per heavy atom. The van der Waals surface area contributed by atoms with E-state index in [-0.39, 0.29) is 23.5 Å². The standard InChI is InChI=1S/C19H22FNO3/c20-17-8-4-3-7-16(17)19(23)21-11-9-15(10-12-21)24-18(22)13-14-5-1-2-6-14/h1,3-5,7-8,14-15H,2,6,9-13H2. The minimum Gasteiger partial charge on any atom is -0.462 e. The predicted molar refractivity (Wildman–Crippen MR) is 87.9 cm³/mol. The minimum absolute atomic E-state index is 0.0981. The van der Waals surface area contributed by atoms with Crippen molar-refractivity contribution >= 4 is 11.9 Å². The highest BCUT2D eigenvalue weighted by Gasteiger charge is 2.27. The first-order chi connectivity index (χ1) is 11.6. The van der Waals surface area contributed by atoms with Crippen LogP contribution in [0.25, 0.3) is 0 Å². The van der Waals surface area contributed by atoms with Crippen LogP contribution >= 0.6 is 0 Å². The van der Waals surface area contributed by atoms with Gasteiger partial charge in [-0.2, -0.15) is 0 Å². The summed E-state index contributed by atoms with van der Waals surface area (Å²) in [6.07, 6.45) is 7.73. The van der Waals surface area contributed by atoms with Gasteiger partial charge in [-0.3, -0.25) is 9.59 Å². The monoisotopic (exact) mass is 331 g/mol.